The first-order chi connectivity index (χ1) is 13.6. The van der Waals surface area contributed by atoms with Gasteiger partial charge in [-0.25, -0.2) is 9.18 Å². The average molecular weight is 416 g/mol. The van der Waals surface area contributed by atoms with Crippen LogP contribution in [0.2, 0.25) is 0 Å². The van der Waals surface area contributed by atoms with E-state index < -0.39 is 24.5 Å². The van der Waals surface area contributed by atoms with Crippen LogP contribution in [0.5, 0.6) is 0 Å². The van der Waals surface area contributed by atoms with E-state index in [9.17, 15) is 14.0 Å². The number of thioether (sulfide) groups is 1. The average Bonchev–Trinajstić information content (AvgIpc) is 3.25. The van der Waals surface area contributed by atoms with Crippen LogP contribution in [-0.2, 0) is 9.53 Å². The summed E-state index contributed by atoms with van der Waals surface area (Å²) >= 11 is 3.05. The maximum Gasteiger partial charge on any atom is 0.338 e. The molecule has 1 amide bonds. The highest BCUT2D eigenvalue weighted by molar-refractivity contribution is 7.98. The van der Waals surface area contributed by atoms with Gasteiger partial charge in [0.15, 0.2) is 6.61 Å². The molecule has 1 heterocycles. The molecule has 3 rings (SSSR count). The van der Waals surface area contributed by atoms with Crippen LogP contribution in [0, 0.1) is 5.82 Å². The van der Waals surface area contributed by atoms with Crippen molar-refractivity contribution in [2.24, 2.45) is 0 Å². The lowest BCUT2D eigenvalue weighted by Gasteiger charge is -2.18. The van der Waals surface area contributed by atoms with Gasteiger partial charge in [0.1, 0.15) is 5.82 Å². The maximum atomic E-state index is 13.2. The fraction of sp³-hybridized carbons (Fsp3) is 0.143. The lowest BCUT2D eigenvalue weighted by atomic mass is 10.1. The van der Waals surface area contributed by atoms with E-state index in [1.165, 1.54) is 23.5 Å². The number of carbonyl (C=O) groups is 2. The molecule has 0 fully saturated rings. The third kappa shape index (κ3) is 5.21. The normalized spacial score (nSPS) is 11.6. The number of nitrogens with one attached hydrogen (secondary N) is 1. The van der Waals surface area contributed by atoms with Gasteiger partial charge < -0.3 is 10.1 Å². The van der Waals surface area contributed by atoms with Gasteiger partial charge in [-0.2, -0.15) is 0 Å². The van der Waals surface area contributed by atoms with Crippen LogP contribution in [0.3, 0.4) is 0 Å². The van der Waals surface area contributed by atoms with E-state index in [-0.39, 0.29) is 5.82 Å². The molecule has 1 N–H and O–H groups in total. The zero-order valence-electron chi connectivity index (χ0n) is 15.1. The molecule has 0 saturated carbocycles. The van der Waals surface area contributed by atoms with Crippen LogP contribution < -0.4 is 5.32 Å². The molecule has 1 atom stereocenters. The van der Waals surface area contributed by atoms with Gasteiger partial charge in [0.2, 0.25) is 0 Å². The van der Waals surface area contributed by atoms with Crippen molar-refractivity contribution < 1.29 is 18.7 Å². The van der Waals surface area contributed by atoms with Gasteiger partial charge >= 0.3 is 5.97 Å². The molecule has 0 radical (unpaired) electrons. The molecule has 2 aromatic carbocycles. The summed E-state index contributed by atoms with van der Waals surface area (Å²) in [5.41, 5.74) is 1.13. The second-order valence-corrected chi connectivity index (χ2v) is 7.73. The number of hydrogen-bond acceptors (Lipinski definition) is 5. The first-order valence-electron chi connectivity index (χ1n) is 8.46. The Hall–Kier alpha value is -2.64. The Balaban J connectivity index is 1.63. The molecule has 1 aromatic heterocycles. The minimum absolute atomic E-state index is 0.346. The molecule has 0 aliphatic carbocycles. The van der Waals surface area contributed by atoms with E-state index in [0.717, 1.165) is 15.3 Å². The Bertz CT molecular complexity index is 925. The molecule has 0 bridgehead atoms. The number of amides is 1. The Morgan fingerprint density at radius 2 is 1.82 bits per heavy atom. The quantitative estimate of drug-likeness (QED) is 0.450. The molecule has 4 nitrogen and oxygen atoms in total. The van der Waals surface area contributed by atoms with Crippen molar-refractivity contribution in [3.63, 3.8) is 0 Å². The molecule has 7 heteroatoms. The van der Waals surface area contributed by atoms with Crippen LogP contribution in [0.4, 0.5) is 4.39 Å². The summed E-state index contributed by atoms with van der Waals surface area (Å²) in [5, 5.41) is 4.75. The highest BCUT2D eigenvalue weighted by Crippen LogP contribution is 2.26. The molecule has 28 heavy (non-hydrogen) atoms. The molecule has 0 aliphatic heterocycles. The zero-order valence-corrected chi connectivity index (χ0v) is 16.7. The highest BCUT2D eigenvalue weighted by atomic mass is 32.2. The summed E-state index contributed by atoms with van der Waals surface area (Å²) in [6.07, 6.45) is 1.95. The molecular weight excluding hydrogens is 397 g/mol. The first-order valence-corrected chi connectivity index (χ1v) is 10.6. The van der Waals surface area contributed by atoms with Crippen LogP contribution in [-0.4, -0.2) is 24.7 Å². The second-order valence-electron chi connectivity index (χ2n) is 5.87. The molecule has 0 saturated heterocycles. The summed E-state index contributed by atoms with van der Waals surface area (Å²) in [6.45, 7) is -0.397. The van der Waals surface area contributed by atoms with Crippen molar-refractivity contribution >= 4 is 35.0 Å². The van der Waals surface area contributed by atoms with Crippen molar-refractivity contribution in [2.45, 2.75) is 10.9 Å². The largest absolute Gasteiger partial charge is 0.452 e. The van der Waals surface area contributed by atoms with E-state index in [0.29, 0.717) is 5.56 Å². The fourth-order valence-corrected chi connectivity index (χ4v) is 3.78. The molecule has 3 aromatic rings. The number of thiophene rings is 1. The summed E-state index contributed by atoms with van der Waals surface area (Å²) in [5.74, 6) is -1.34. The number of esters is 1. The van der Waals surface area contributed by atoms with E-state index in [1.54, 1.807) is 36.0 Å². The minimum Gasteiger partial charge on any atom is -0.452 e. The number of carbonyl (C=O) groups excluding carboxylic acids is 2. The van der Waals surface area contributed by atoms with E-state index in [4.69, 9.17) is 4.74 Å². The SMILES string of the molecule is CSc1ccc(C(=O)OCC(=O)N[C@@H](c2ccc(F)cc2)c2cccs2)cc1. The molecule has 0 aliphatic rings. The van der Waals surface area contributed by atoms with Crippen LogP contribution >= 0.6 is 23.1 Å². The Morgan fingerprint density at radius 1 is 1.11 bits per heavy atom. The number of rotatable bonds is 7. The topological polar surface area (TPSA) is 55.4 Å². The standard InChI is InChI=1S/C21H18FNO3S2/c1-27-17-10-6-15(7-11-17)21(25)26-13-19(24)23-20(18-3-2-12-28-18)14-4-8-16(22)9-5-14/h2-12,20H,13H2,1H3,(H,23,24)/t20-/m0/s1. The summed E-state index contributed by atoms with van der Waals surface area (Å²) in [7, 11) is 0. The molecule has 144 valence electrons. The first kappa shape index (κ1) is 20.1. The van der Waals surface area contributed by atoms with Gasteiger partial charge in [-0.1, -0.05) is 18.2 Å². The smallest absolute Gasteiger partial charge is 0.338 e. The molecular formula is C21H18FNO3S2. The Kier molecular flexibility index (Phi) is 6.84. The fourth-order valence-electron chi connectivity index (χ4n) is 2.57. The highest BCUT2D eigenvalue weighted by Gasteiger charge is 2.19. The van der Waals surface area contributed by atoms with Gasteiger partial charge in [0.25, 0.3) is 5.91 Å². The van der Waals surface area contributed by atoms with Crippen molar-refractivity contribution in [3.8, 4) is 0 Å². The lowest BCUT2D eigenvalue weighted by Crippen LogP contribution is -2.32. The van der Waals surface area contributed by atoms with Crippen LogP contribution in [0.1, 0.15) is 26.8 Å². The van der Waals surface area contributed by atoms with Crippen LogP contribution in [0.25, 0.3) is 0 Å². The minimum atomic E-state index is -0.558. The van der Waals surface area contributed by atoms with Crippen molar-refractivity contribution in [2.75, 3.05) is 12.9 Å². The van der Waals surface area contributed by atoms with Gasteiger partial charge in [-0.05, 0) is 59.7 Å². The Labute approximate surface area is 170 Å². The van der Waals surface area contributed by atoms with E-state index in [1.807, 2.05) is 35.9 Å². The van der Waals surface area contributed by atoms with Crippen LogP contribution in [0.15, 0.2) is 70.9 Å². The molecule has 0 unspecified atom stereocenters. The van der Waals surface area contributed by atoms with Crippen molar-refractivity contribution in [1.82, 2.24) is 5.32 Å². The maximum absolute atomic E-state index is 13.2. The third-order valence-electron chi connectivity index (χ3n) is 4.00. The van der Waals surface area contributed by atoms with Gasteiger partial charge in [-0.3, -0.25) is 4.79 Å². The summed E-state index contributed by atoms with van der Waals surface area (Å²) < 4.78 is 18.4. The predicted octanol–water partition coefficient (Wildman–Crippen LogP) is 4.67. The second kappa shape index (κ2) is 9.52. The van der Waals surface area contributed by atoms with Gasteiger partial charge in [-0.15, -0.1) is 23.1 Å². The number of halogens is 1. The third-order valence-corrected chi connectivity index (χ3v) is 5.68. The lowest BCUT2D eigenvalue weighted by molar-refractivity contribution is -0.124. The Morgan fingerprint density at radius 3 is 2.43 bits per heavy atom. The van der Waals surface area contributed by atoms with E-state index in [2.05, 4.69) is 5.32 Å². The monoisotopic (exact) mass is 415 g/mol. The number of hydrogen-bond donors (Lipinski definition) is 1. The molecule has 0 spiro atoms. The van der Waals surface area contributed by atoms with Gasteiger partial charge in [0.05, 0.1) is 11.6 Å². The predicted molar refractivity (Wildman–Crippen MR) is 109 cm³/mol. The van der Waals surface area contributed by atoms with Gasteiger partial charge in [0, 0.05) is 9.77 Å². The zero-order chi connectivity index (χ0) is 19.9. The number of ether oxygens (including phenoxy) is 1. The summed E-state index contributed by atoms with van der Waals surface area (Å²) in [6, 6.07) is 16.2. The van der Waals surface area contributed by atoms with Crippen molar-refractivity contribution in [3.05, 3.63) is 87.9 Å². The number of benzene rings is 2. The van der Waals surface area contributed by atoms with E-state index >= 15 is 0 Å². The summed E-state index contributed by atoms with van der Waals surface area (Å²) in [4.78, 5) is 26.4. The van der Waals surface area contributed by atoms with Crippen molar-refractivity contribution in [1.29, 1.82) is 0 Å².